The summed E-state index contributed by atoms with van der Waals surface area (Å²) < 4.78 is 39.6. The van der Waals surface area contributed by atoms with Crippen LogP contribution >= 0.6 is 0 Å². The third-order valence-corrected chi connectivity index (χ3v) is 3.49. The smallest absolute Gasteiger partial charge is 0.387 e. The molecule has 1 amide bonds. The van der Waals surface area contributed by atoms with Crippen molar-refractivity contribution in [2.24, 2.45) is 0 Å². The van der Waals surface area contributed by atoms with Crippen molar-refractivity contribution >= 4 is 5.91 Å². The summed E-state index contributed by atoms with van der Waals surface area (Å²) in [5.41, 5.74) is 0.789. The normalized spacial score (nSPS) is 10.5. The Morgan fingerprint density at radius 2 is 1.65 bits per heavy atom. The van der Waals surface area contributed by atoms with E-state index in [2.05, 4.69) is 4.74 Å². The minimum atomic E-state index is -2.86. The topological polar surface area (TPSA) is 48.0 Å². The highest BCUT2D eigenvalue weighted by Gasteiger charge is 2.12. The lowest BCUT2D eigenvalue weighted by Crippen LogP contribution is -2.31. The molecule has 0 saturated carbocycles. The van der Waals surface area contributed by atoms with Gasteiger partial charge in [0.1, 0.15) is 5.75 Å². The summed E-state index contributed by atoms with van der Waals surface area (Å²) in [6.07, 6.45) is 0. The Labute approximate surface area is 151 Å². The molecule has 0 atom stereocenters. The summed E-state index contributed by atoms with van der Waals surface area (Å²) in [5.74, 6) is 0.947. The Morgan fingerprint density at radius 1 is 1.04 bits per heavy atom. The molecule has 7 heteroatoms. The minimum absolute atomic E-state index is 0.0774. The molecule has 0 heterocycles. The number of carbonyl (C=O) groups is 1. The number of amides is 1. The van der Waals surface area contributed by atoms with Crippen LogP contribution in [0.2, 0.25) is 0 Å². The molecular formula is C19H21F2NO4. The summed E-state index contributed by atoms with van der Waals surface area (Å²) >= 11 is 0. The van der Waals surface area contributed by atoms with Crippen LogP contribution in [0.15, 0.2) is 48.5 Å². The molecule has 2 aromatic rings. The van der Waals surface area contributed by atoms with E-state index in [0.717, 1.165) is 5.56 Å². The first-order valence-corrected chi connectivity index (χ1v) is 8.12. The maximum Gasteiger partial charge on any atom is 0.387 e. The van der Waals surface area contributed by atoms with Crippen molar-refractivity contribution in [2.45, 2.75) is 20.1 Å². The van der Waals surface area contributed by atoms with Gasteiger partial charge in [0.25, 0.3) is 5.91 Å². The predicted octanol–water partition coefficient (Wildman–Crippen LogP) is 3.72. The van der Waals surface area contributed by atoms with Gasteiger partial charge >= 0.3 is 6.61 Å². The van der Waals surface area contributed by atoms with Crippen molar-refractivity contribution in [3.8, 4) is 17.2 Å². The molecule has 0 unspecified atom stereocenters. The zero-order valence-electron chi connectivity index (χ0n) is 14.7. The fourth-order valence-corrected chi connectivity index (χ4v) is 2.23. The lowest BCUT2D eigenvalue weighted by molar-refractivity contribution is -0.132. The second-order valence-electron chi connectivity index (χ2n) is 5.44. The van der Waals surface area contributed by atoms with E-state index in [1.54, 1.807) is 37.4 Å². The van der Waals surface area contributed by atoms with E-state index in [0.29, 0.717) is 24.7 Å². The van der Waals surface area contributed by atoms with Crippen molar-refractivity contribution in [1.82, 2.24) is 4.90 Å². The van der Waals surface area contributed by atoms with E-state index in [1.165, 1.54) is 17.0 Å². The number of nitrogens with zero attached hydrogens (tertiary/aromatic N) is 1. The molecular weight excluding hydrogens is 344 g/mol. The summed E-state index contributed by atoms with van der Waals surface area (Å²) in [6, 6.07) is 13.3. The number of ether oxygens (including phenoxy) is 3. The molecule has 0 aliphatic carbocycles. The lowest BCUT2D eigenvalue weighted by atomic mass is 10.2. The molecule has 2 rings (SSSR count). The van der Waals surface area contributed by atoms with Crippen LogP contribution in [-0.2, 0) is 11.3 Å². The van der Waals surface area contributed by atoms with Gasteiger partial charge in [0, 0.05) is 13.6 Å². The van der Waals surface area contributed by atoms with Gasteiger partial charge in [-0.25, -0.2) is 0 Å². The molecule has 26 heavy (non-hydrogen) atoms. The number of halogens is 2. The molecule has 0 aromatic heterocycles. The Balaban J connectivity index is 1.87. The molecule has 0 N–H and O–H groups in total. The average molecular weight is 365 g/mol. The molecule has 140 valence electrons. The van der Waals surface area contributed by atoms with E-state index in [4.69, 9.17) is 9.47 Å². The first kappa shape index (κ1) is 19.5. The van der Waals surface area contributed by atoms with Crippen molar-refractivity contribution < 1.29 is 27.8 Å². The average Bonchev–Trinajstić information content (AvgIpc) is 2.62. The molecule has 0 aliphatic rings. The van der Waals surface area contributed by atoms with Gasteiger partial charge in [-0.2, -0.15) is 8.78 Å². The van der Waals surface area contributed by atoms with Gasteiger partial charge in [0.15, 0.2) is 18.1 Å². The number of likely N-dealkylation sites (N-methyl/N-ethyl adjacent to an activating group) is 1. The van der Waals surface area contributed by atoms with Crippen LogP contribution in [0.3, 0.4) is 0 Å². The highest BCUT2D eigenvalue weighted by atomic mass is 19.3. The third-order valence-electron chi connectivity index (χ3n) is 3.49. The minimum Gasteiger partial charge on any atom is -0.490 e. The number of carbonyl (C=O) groups excluding carboxylic acids is 1. The van der Waals surface area contributed by atoms with Crippen LogP contribution in [0.4, 0.5) is 8.78 Å². The van der Waals surface area contributed by atoms with Crippen LogP contribution in [0.25, 0.3) is 0 Å². The fourth-order valence-electron chi connectivity index (χ4n) is 2.23. The second kappa shape index (κ2) is 9.60. The molecule has 0 bridgehead atoms. The molecule has 5 nitrogen and oxygen atoms in total. The van der Waals surface area contributed by atoms with Crippen molar-refractivity contribution in [2.75, 3.05) is 20.3 Å². The van der Waals surface area contributed by atoms with Gasteiger partial charge < -0.3 is 19.1 Å². The van der Waals surface area contributed by atoms with Crippen LogP contribution in [0, 0.1) is 0 Å². The lowest BCUT2D eigenvalue weighted by Gasteiger charge is -2.18. The number of alkyl halides is 2. The maximum absolute atomic E-state index is 12.2. The Hall–Kier alpha value is -2.83. The summed E-state index contributed by atoms with van der Waals surface area (Å²) in [4.78, 5) is 13.7. The van der Waals surface area contributed by atoms with E-state index < -0.39 is 6.61 Å². The molecule has 0 saturated heterocycles. The summed E-state index contributed by atoms with van der Waals surface area (Å²) in [5, 5.41) is 0. The number of rotatable bonds is 9. The van der Waals surface area contributed by atoms with Gasteiger partial charge in [-0.15, -0.1) is 0 Å². The number of benzene rings is 2. The Morgan fingerprint density at radius 3 is 2.23 bits per heavy atom. The molecule has 0 fully saturated rings. The van der Waals surface area contributed by atoms with E-state index >= 15 is 0 Å². The van der Waals surface area contributed by atoms with E-state index in [9.17, 15) is 13.6 Å². The van der Waals surface area contributed by atoms with Crippen molar-refractivity contribution in [3.63, 3.8) is 0 Å². The SMILES string of the molecule is CCOc1ccccc1OCC(=O)N(C)Cc1ccc(OC(F)F)cc1. The number of hydrogen-bond donors (Lipinski definition) is 0. The number of hydrogen-bond acceptors (Lipinski definition) is 4. The highest BCUT2D eigenvalue weighted by molar-refractivity contribution is 5.77. The Bertz CT molecular complexity index is 707. The maximum atomic E-state index is 12.2. The van der Waals surface area contributed by atoms with Crippen molar-refractivity contribution in [1.29, 1.82) is 0 Å². The van der Waals surface area contributed by atoms with Crippen LogP contribution in [0.5, 0.6) is 17.2 Å². The van der Waals surface area contributed by atoms with Gasteiger partial charge in [0.2, 0.25) is 0 Å². The van der Waals surface area contributed by atoms with Crippen LogP contribution in [0.1, 0.15) is 12.5 Å². The quantitative estimate of drug-likeness (QED) is 0.680. The van der Waals surface area contributed by atoms with Crippen molar-refractivity contribution in [3.05, 3.63) is 54.1 Å². The van der Waals surface area contributed by atoms with Gasteiger partial charge in [0.05, 0.1) is 6.61 Å². The Kier molecular flexibility index (Phi) is 7.20. The van der Waals surface area contributed by atoms with E-state index in [-0.39, 0.29) is 18.3 Å². The summed E-state index contributed by atoms with van der Waals surface area (Å²) in [7, 11) is 1.64. The molecule has 0 radical (unpaired) electrons. The van der Waals surface area contributed by atoms with E-state index in [1.807, 2.05) is 13.0 Å². The fraction of sp³-hybridized carbons (Fsp3) is 0.316. The molecule has 2 aromatic carbocycles. The number of para-hydroxylation sites is 2. The predicted molar refractivity (Wildman–Crippen MR) is 92.7 cm³/mol. The largest absolute Gasteiger partial charge is 0.490 e. The van der Waals surface area contributed by atoms with Crippen LogP contribution < -0.4 is 14.2 Å². The monoisotopic (exact) mass is 365 g/mol. The second-order valence-corrected chi connectivity index (χ2v) is 5.44. The van der Waals surface area contributed by atoms with Crippen LogP contribution in [-0.4, -0.2) is 37.7 Å². The zero-order valence-corrected chi connectivity index (χ0v) is 14.7. The molecule has 0 spiro atoms. The van der Waals surface area contributed by atoms with Gasteiger partial charge in [-0.3, -0.25) is 4.79 Å². The highest BCUT2D eigenvalue weighted by Crippen LogP contribution is 2.26. The third kappa shape index (κ3) is 5.91. The summed E-state index contributed by atoms with van der Waals surface area (Å²) in [6.45, 7) is -0.300. The van der Waals surface area contributed by atoms with Gasteiger partial charge in [-0.05, 0) is 36.8 Å². The van der Waals surface area contributed by atoms with Gasteiger partial charge in [-0.1, -0.05) is 24.3 Å². The zero-order chi connectivity index (χ0) is 18.9. The first-order chi connectivity index (χ1) is 12.5. The standard InChI is InChI=1S/C19H21F2NO4/c1-3-24-16-6-4-5-7-17(16)25-13-18(23)22(2)12-14-8-10-15(11-9-14)26-19(20)21/h4-11,19H,3,12-13H2,1-2H3. The molecule has 0 aliphatic heterocycles. The first-order valence-electron chi connectivity index (χ1n) is 8.12.